The molecule has 0 fully saturated rings. The topological polar surface area (TPSA) is 85.0 Å². The minimum atomic E-state index is -0.499. The van der Waals surface area contributed by atoms with E-state index in [1.54, 1.807) is 43.5 Å². The van der Waals surface area contributed by atoms with Gasteiger partial charge >= 0.3 is 0 Å². The fourth-order valence-corrected chi connectivity index (χ4v) is 3.74. The largest absolute Gasteiger partial charge is 0.497 e. The summed E-state index contributed by atoms with van der Waals surface area (Å²) in [5.41, 5.74) is 2.44. The minimum Gasteiger partial charge on any atom is -0.497 e. The van der Waals surface area contributed by atoms with Crippen LogP contribution < -0.4 is 4.74 Å². The monoisotopic (exact) mass is 435 g/mol. The molecule has 0 spiro atoms. The highest BCUT2D eigenvalue weighted by Crippen LogP contribution is 2.36. The summed E-state index contributed by atoms with van der Waals surface area (Å²) in [6.45, 7) is 0. The molecule has 3 aromatic rings. The quantitative estimate of drug-likeness (QED) is 0.404. The second-order valence-electron chi connectivity index (χ2n) is 6.98. The first-order chi connectivity index (χ1) is 15.0. The summed E-state index contributed by atoms with van der Waals surface area (Å²) in [7, 11) is 1.59. The Kier molecular flexibility index (Phi) is 5.68. The van der Waals surface area contributed by atoms with Gasteiger partial charge in [-0.3, -0.25) is 14.9 Å². The van der Waals surface area contributed by atoms with Crippen LogP contribution in [0.15, 0.2) is 77.9 Å². The van der Waals surface area contributed by atoms with Gasteiger partial charge in [-0.15, -0.1) is 0 Å². The van der Waals surface area contributed by atoms with E-state index in [1.807, 2.05) is 24.3 Å². The summed E-state index contributed by atoms with van der Waals surface area (Å²) >= 11 is 6.25. The Bertz CT molecular complexity index is 1180. The van der Waals surface area contributed by atoms with Crippen LogP contribution in [-0.2, 0) is 0 Å². The maximum atomic E-state index is 13.3. The number of hydrogen-bond acceptors (Lipinski definition) is 5. The van der Waals surface area contributed by atoms with E-state index in [0.29, 0.717) is 34.0 Å². The Morgan fingerprint density at radius 2 is 1.87 bits per heavy atom. The molecule has 0 aromatic heterocycles. The maximum Gasteiger partial charge on any atom is 0.276 e. The lowest BCUT2D eigenvalue weighted by atomic mass is 9.97. The summed E-state index contributed by atoms with van der Waals surface area (Å²) in [6.07, 6.45) is 0.406. The molecule has 1 aliphatic rings. The molecule has 31 heavy (non-hydrogen) atoms. The van der Waals surface area contributed by atoms with E-state index in [4.69, 9.17) is 16.3 Å². The number of benzene rings is 3. The van der Waals surface area contributed by atoms with E-state index < -0.39 is 11.0 Å². The van der Waals surface area contributed by atoms with Crippen molar-refractivity contribution >= 4 is 28.9 Å². The van der Waals surface area contributed by atoms with Gasteiger partial charge in [-0.1, -0.05) is 35.9 Å². The lowest BCUT2D eigenvalue weighted by Crippen LogP contribution is -2.27. The number of amides is 1. The molecule has 8 heteroatoms. The zero-order valence-corrected chi connectivity index (χ0v) is 17.3. The standard InChI is InChI=1S/C23H18ClN3O4/c1-31-18-11-9-15(10-12-18)21-14-22(16-5-4-6-17(13-16)27(29)30)26(25-21)23(28)19-7-2-3-8-20(19)24/h2-13,22H,14H2,1H3. The molecule has 1 amide bonds. The number of carbonyl (C=O) groups excluding carboxylic acids is 1. The van der Waals surface area contributed by atoms with E-state index in [1.165, 1.54) is 17.1 Å². The zero-order chi connectivity index (χ0) is 22.0. The lowest BCUT2D eigenvalue weighted by Gasteiger charge is -2.22. The molecule has 0 radical (unpaired) electrons. The van der Waals surface area contributed by atoms with Crippen LogP contribution >= 0.6 is 11.6 Å². The van der Waals surface area contributed by atoms with Crippen molar-refractivity contribution in [2.75, 3.05) is 7.11 Å². The van der Waals surface area contributed by atoms with Crippen molar-refractivity contribution in [1.29, 1.82) is 0 Å². The first-order valence-corrected chi connectivity index (χ1v) is 9.90. The van der Waals surface area contributed by atoms with E-state index in [2.05, 4.69) is 5.10 Å². The Morgan fingerprint density at radius 3 is 2.55 bits per heavy atom. The summed E-state index contributed by atoms with van der Waals surface area (Å²) in [5.74, 6) is 0.340. The van der Waals surface area contributed by atoms with Crippen LogP contribution in [0.3, 0.4) is 0 Å². The summed E-state index contributed by atoms with van der Waals surface area (Å²) in [6, 6.07) is 19.9. The summed E-state index contributed by atoms with van der Waals surface area (Å²) < 4.78 is 5.21. The van der Waals surface area contributed by atoms with E-state index >= 15 is 0 Å². The van der Waals surface area contributed by atoms with Gasteiger partial charge in [0.2, 0.25) is 0 Å². The minimum absolute atomic E-state index is 0.0412. The Morgan fingerprint density at radius 1 is 1.13 bits per heavy atom. The van der Waals surface area contributed by atoms with Crippen LogP contribution in [0.1, 0.15) is 33.9 Å². The van der Waals surface area contributed by atoms with E-state index in [-0.39, 0.29) is 11.6 Å². The molecule has 4 rings (SSSR count). The maximum absolute atomic E-state index is 13.3. The highest BCUT2D eigenvalue weighted by Gasteiger charge is 2.35. The first kappa shape index (κ1) is 20.6. The van der Waals surface area contributed by atoms with E-state index in [9.17, 15) is 14.9 Å². The highest BCUT2D eigenvalue weighted by molar-refractivity contribution is 6.33. The van der Waals surface area contributed by atoms with Gasteiger partial charge in [-0.05, 0) is 47.5 Å². The smallest absolute Gasteiger partial charge is 0.276 e. The second kappa shape index (κ2) is 8.57. The van der Waals surface area contributed by atoms with Crippen molar-refractivity contribution in [1.82, 2.24) is 5.01 Å². The van der Waals surface area contributed by atoms with Crippen molar-refractivity contribution < 1.29 is 14.5 Å². The fourth-order valence-electron chi connectivity index (χ4n) is 3.52. The second-order valence-corrected chi connectivity index (χ2v) is 7.38. The van der Waals surface area contributed by atoms with Gasteiger partial charge in [0.15, 0.2) is 0 Å². The Balaban J connectivity index is 1.76. The number of carbonyl (C=O) groups is 1. The molecule has 0 aliphatic carbocycles. The van der Waals surface area contributed by atoms with Crippen molar-refractivity contribution in [2.24, 2.45) is 5.10 Å². The third-order valence-electron chi connectivity index (χ3n) is 5.11. The molecule has 0 bridgehead atoms. The van der Waals surface area contributed by atoms with Gasteiger partial charge < -0.3 is 4.74 Å². The average molecular weight is 436 g/mol. The Labute approximate surface area is 183 Å². The number of hydrogen-bond donors (Lipinski definition) is 0. The normalized spacial score (nSPS) is 15.5. The van der Waals surface area contributed by atoms with Crippen molar-refractivity contribution in [3.05, 3.63) is 105 Å². The molecule has 1 atom stereocenters. The lowest BCUT2D eigenvalue weighted by molar-refractivity contribution is -0.384. The molecule has 0 N–H and O–H groups in total. The van der Waals surface area contributed by atoms with Gasteiger partial charge in [-0.25, -0.2) is 5.01 Å². The van der Waals surface area contributed by atoms with Crippen LogP contribution in [0.25, 0.3) is 0 Å². The van der Waals surface area contributed by atoms with Crippen molar-refractivity contribution in [2.45, 2.75) is 12.5 Å². The highest BCUT2D eigenvalue weighted by atomic mass is 35.5. The molecule has 1 heterocycles. The van der Waals surface area contributed by atoms with Crippen LogP contribution in [0.5, 0.6) is 5.75 Å². The van der Waals surface area contributed by atoms with Gasteiger partial charge in [0.25, 0.3) is 11.6 Å². The molecule has 0 saturated carbocycles. The molecule has 156 valence electrons. The van der Waals surface area contributed by atoms with Crippen molar-refractivity contribution in [3.63, 3.8) is 0 Å². The fraction of sp³-hybridized carbons (Fsp3) is 0.130. The van der Waals surface area contributed by atoms with Crippen LogP contribution in [-0.4, -0.2) is 28.7 Å². The van der Waals surface area contributed by atoms with E-state index in [0.717, 1.165) is 5.56 Å². The molecule has 1 unspecified atom stereocenters. The molecule has 1 aliphatic heterocycles. The summed E-state index contributed by atoms with van der Waals surface area (Å²) in [5, 5.41) is 17.5. The number of rotatable bonds is 5. The predicted molar refractivity (Wildman–Crippen MR) is 118 cm³/mol. The first-order valence-electron chi connectivity index (χ1n) is 9.52. The van der Waals surface area contributed by atoms with Crippen LogP contribution in [0, 0.1) is 10.1 Å². The van der Waals surface area contributed by atoms with Gasteiger partial charge in [0.05, 0.1) is 34.4 Å². The molecular formula is C23H18ClN3O4. The van der Waals surface area contributed by atoms with Crippen molar-refractivity contribution in [3.8, 4) is 5.75 Å². The third kappa shape index (κ3) is 4.13. The number of halogens is 1. The number of ether oxygens (including phenoxy) is 1. The predicted octanol–water partition coefficient (Wildman–Crippen LogP) is 5.25. The number of nitro benzene ring substituents is 1. The molecule has 3 aromatic carbocycles. The number of nitro groups is 1. The number of non-ortho nitro benzene ring substituents is 1. The zero-order valence-electron chi connectivity index (χ0n) is 16.6. The van der Waals surface area contributed by atoms with Gasteiger partial charge in [-0.2, -0.15) is 5.10 Å². The third-order valence-corrected chi connectivity index (χ3v) is 5.44. The number of nitrogens with zero attached hydrogens (tertiary/aromatic N) is 3. The van der Waals surface area contributed by atoms with Crippen LogP contribution in [0.4, 0.5) is 5.69 Å². The SMILES string of the molecule is COc1ccc(C2=NN(C(=O)c3ccccc3Cl)C(c3cccc([N+](=O)[O-])c3)C2)cc1. The van der Waals surface area contributed by atoms with Gasteiger partial charge in [0.1, 0.15) is 5.75 Å². The summed E-state index contributed by atoms with van der Waals surface area (Å²) in [4.78, 5) is 24.1. The number of methoxy groups -OCH3 is 1. The average Bonchev–Trinajstić information content (AvgIpc) is 3.24. The molecular weight excluding hydrogens is 418 g/mol. The number of hydrazone groups is 1. The molecule has 0 saturated heterocycles. The Hall–Kier alpha value is -3.71. The van der Waals surface area contributed by atoms with Gasteiger partial charge in [0, 0.05) is 18.6 Å². The molecule has 7 nitrogen and oxygen atoms in total. The van der Waals surface area contributed by atoms with Crippen LogP contribution in [0.2, 0.25) is 5.02 Å².